The molecule has 9 heteroatoms. The molecule has 0 atom stereocenters. The summed E-state index contributed by atoms with van der Waals surface area (Å²) in [4.78, 5) is 22.8. The molecule has 0 aliphatic heterocycles. The first-order valence-corrected chi connectivity index (χ1v) is 8.87. The first-order valence-electron chi connectivity index (χ1n) is 8.87. The molecule has 7 nitrogen and oxygen atoms in total. The zero-order valence-corrected chi connectivity index (χ0v) is 18.1. The van der Waals surface area contributed by atoms with Crippen LogP contribution in [0.2, 0.25) is 0 Å². The molecule has 3 N–H and O–H groups in total. The monoisotopic (exact) mass is 438 g/mol. The molecule has 0 fully saturated rings. The summed E-state index contributed by atoms with van der Waals surface area (Å²) in [5.41, 5.74) is 6.76. The van der Waals surface area contributed by atoms with E-state index in [2.05, 4.69) is 26.9 Å². The Morgan fingerprint density at radius 1 is 1.00 bits per heavy atom. The van der Waals surface area contributed by atoms with Crippen LogP contribution in [-0.2, 0) is 25.5 Å². The summed E-state index contributed by atoms with van der Waals surface area (Å²) in [6, 6.07) is 7.65. The third kappa shape index (κ3) is 12.8. The van der Waals surface area contributed by atoms with Gasteiger partial charge in [-0.1, -0.05) is 12.1 Å². The molecule has 0 bridgehead atoms. The van der Waals surface area contributed by atoms with Crippen molar-refractivity contribution in [2.24, 2.45) is 5.73 Å². The van der Waals surface area contributed by atoms with Gasteiger partial charge in [0, 0.05) is 12.6 Å². The minimum atomic E-state index is -0.377. The second-order valence-corrected chi connectivity index (χ2v) is 5.95. The molecule has 0 radical (unpaired) electrons. The maximum absolute atomic E-state index is 11.4. The molecule has 0 saturated heterocycles. The van der Waals surface area contributed by atoms with Gasteiger partial charge >= 0.3 is 11.9 Å². The van der Waals surface area contributed by atoms with Gasteiger partial charge in [0.05, 0.1) is 27.1 Å². The number of halogens is 2. The van der Waals surface area contributed by atoms with Gasteiger partial charge in [-0.05, 0) is 43.5 Å². The smallest absolute Gasteiger partial charge is 0.307 e. The zero-order chi connectivity index (χ0) is 19.2. The fraction of sp³-hybridized carbons (Fsp3) is 0.579. The van der Waals surface area contributed by atoms with Gasteiger partial charge in [-0.2, -0.15) is 0 Å². The summed E-state index contributed by atoms with van der Waals surface area (Å²) in [6.07, 6.45) is 3.33. The van der Waals surface area contributed by atoms with Crippen LogP contribution in [-0.4, -0.2) is 51.9 Å². The van der Waals surface area contributed by atoms with Crippen molar-refractivity contribution in [1.29, 1.82) is 0 Å². The number of carbonyl (C=O) groups is 2. The second-order valence-electron chi connectivity index (χ2n) is 5.95. The maximum atomic E-state index is 11.4. The number of unbranched alkanes of at least 4 members (excludes halogenated alkanes) is 1. The number of nitrogens with one attached hydrogen (secondary N) is 1. The zero-order valence-electron chi connectivity index (χ0n) is 16.5. The maximum Gasteiger partial charge on any atom is 0.307 e. The number of hydrogen-bond donors (Lipinski definition) is 2. The number of benzene rings is 1. The largest absolute Gasteiger partial charge is 0.492 e. The summed E-state index contributed by atoms with van der Waals surface area (Å²) < 4.78 is 15.0. The SMILES string of the molecule is COC(=O)CC(CC(=O)OC)NCCOc1ccc(CCCCN)cc1.Cl.Cl. The van der Waals surface area contributed by atoms with Crippen LogP contribution in [0.3, 0.4) is 0 Å². The highest BCUT2D eigenvalue weighted by molar-refractivity contribution is 5.85. The molecular weight excluding hydrogens is 407 g/mol. The van der Waals surface area contributed by atoms with E-state index < -0.39 is 0 Å². The Hall–Kier alpha value is -1.54. The van der Waals surface area contributed by atoms with E-state index in [1.165, 1.54) is 19.8 Å². The van der Waals surface area contributed by atoms with E-state index in [-0.39, 0.29) is 55.6 Å². The Balaban J connectivity index is 0. The Labute approximate surface area is 179 Å². The summed E-state index contributed by atoms with van der Waals surface area (Å²) in [5, 5.41) is 3.13. The highest BCUT2D eigenvalue weighted by Crippen LogP contribution is 2.13. The fourth-order valence-corrected chi connectivity index (χ4v) is 2.44. The minimum Gasteiger partial charge on any atom is -0.492 e. The Bertz CT molecular complexity index is 526. The Morgan fingerprint density at radius 3 is 2.07 bits per heavy atom. The molecule has 1 aromatic carbocycles. The number of hydrogen-bond acceptors (Lipinski definition) is 7. The van der Waals surface area contributed by atoms with Crippen molar-refractivity contribution in [3.05, 3.63) is 29.8 Å². The average Bonchev–Trinajstić information content (AvgIpc) is 2.66. The van der Waals surface area contributed by atoms with Crippen LogP contribution >= 0.6 is 24.8 Å². The molecule has 0 heterocycles. The molecule has 0 aliphatic carbocycles. The molecule has 28 heavy (non-hydrogen) atoms. The van der Waals surface area contributed by atoms with E-state index in [1.807, 2.05) is 12.1 Å². The standard InChI is InChI=1S/C19H30N2O5.2ClH/c1-24-18(22)13-16(14-19(23)25-2)21-11-12-26-17-8-6-15(7-9-17)5-3-4-10-20;;/h6-9,16,21H,3-5,10-14,20H2,1-2H3;2*1H. The number of esters is 2. The van der Waals surface area contributed by atoms with Gasteiger partial charge in [0.15, 0.2) is 0 Å². The van der Waals surface area contributed by atoms with Crippen molar-refractivity contribution in [3.63, 3.8) is 0 Å². The van der Waals surface area contributed by atoms with Crippen molar-refractivity contribution < 1.29 is 23.8 Å². The molecule has 0 unspecified atom stereocenters. The van der Waals surface area contributed by atoms with Crippen LogP contribution in [0.25, 0.3) is 0 Å². The first-order chi connectivity index (χ1) is 12.6. The van der Waals surface area contributed by atoms with Crippen LogP contribution in [0.15, 0.2) is 24.3 Å². The molecule has 0 spiro atoms. The third-order valence-corrected chi connectivity index (χ3v) is 3.93. The quantitative estimate of drug-likeness (QED) is 0.359. The summed E-state index contributed by atoms with van der Waals surface area (Å²) in [5.74, 6) is 0.0296. The molecule has 0 saturated carbocycles. The number of methoxy groups -OCH3 is 2. The number of aryl methyl sites for hydroxylation is 1. The van der Waals surface area contributed by atoms with Crippen molar-refractivity contribution >= 4 is 36.8 Å². The lowest BCUT2D eigenvalue weighted by Crippen LogP contribution is -2.36. The van der Waals surface area contributed by atoms with E-state index in [4.69, 9.17) is 10.5 Å². The van der Waals surface area contributed by atoms with Gasteiger partial charge in [0.25, 0.3) is 0 Å². The highest BCUT2D eigenvalue weighted by Gasteiger charge is 2.18. The topological polar surface area (TPSA) is 99.9 Å². The van der Waals surface area contributed by atoms with Crippen LogP contribution in [0, 0.1) is 0 Å². The lowest BCUT2D eigenvalue weighted by atomic mass is 10.1. The Morgan fingerprint density at radius 2 is 1.57 bits per heavy atom. The van der Waals surface area contributed by atoms with Gasteiger partial charge in [-0.3, -0.25) is 9.59 Å². The summed E-state index contributed by atoms with van der Waals surface area (Å²) >= 11 is 0. The summed E-state index contributed by atoms with van der Waals surface area (Å²) in [6.45, 7) is 1.64. The third-order valence-electron chi connectivity index (χ3n) is 3.93. The molecule has 0 amide bonds. The van der Waals surface area contributed by atoms with E-state index in [9.17, 15) is 9.59 Å². The predicted molar refractivity (Wildman–Crippen MR) is 113 cm³/mol. The van der Waals surface area contributed by atoms with E-state index >= 15 is 0 Å². The van der Waals surface area contributed by atoms with Gasteiger partial charge in [0.2, 0.25) is 0 Å². The Kier molecular flexibility index (Phi) is 18.0. The molecule has 0 aliphatic rings. The lowest BCUT2D eigenvalue weighted by Gasteiger charge is -2.16. The number of nitrogens with two attached hydrogens (primary N) is 1. The van der Waals surface area contributed by atoms with Crippen molar-refractivity contribution in [2.75, 3.05) is 33.9 Å². The predicted octanol–water partition coefficient (Wildman–Crippen LogP) is 2.27. The number of ether oxygens (including phenoxy) is 3. The summed E-state index contributed by atoms with van der Waals surface area (Å²) in [7, 11) is 2.64. The van der Waals surface area contributed by atoms with Gasteiger partial charge in [-0.15, -0.1) is 24.8 Å². The van der Waals surface area contributed by atoms with E-state index in [0.29, 0.717) is 13.2 Å². The van der Waals surface area contributed by atoms with E-state index in [0.717, 1.165) is 31.6 Å². The molecule has 1 aromatic rings. The molecule has 0 aromatic heterocycles. The van der Waals surface area contributed by atoms with E-state index in [1.54, 1.807) is 0 Å². The normalized spacial score (nSPS) is 9.86. The fourth-order valence-electron chi connectivity index (χ4n) is 2.44. The van der Waals surface area contributed by atoms with Crippen molar-refractivity contribution in [1.82, 2.24) is 5.32 Å². The van der Waals surface area contributed by atoms with Crippen LogP contribution in [0.5, 0.6) is 5.75 Å². The van der Waals surface area contributed by atoms with Gasteiger partial charge < -0.3 is 25.3 Å². The van der Waals surface area contributed by atoms with Crippen molar-refractivity contribution in [3.8, 4) is 5.75 Å². The molecular formula is C19H32Cl2N2O5. The first kappa shape index (κ1) is 28.7. The highest BCUT2D eigenvalue weighted by atomic mass is 35.5. The van der Waals surface area contributed by atoms with Gasteiger partial charge in [-0.25, -0.2) is 0 Å². The average molecular weight is 439 g/mol. The van der Waals surface area contributed by atoms with Crippen LogP contribution in [0.4, 0.5) is 0 Å². The second kappa shape index (κ2) is 17.6. The van der Waals surface area contributed by atoms with Crippen molar-refractivity contribution in [2.45, 2.75) is 38.1 Å². The lowest BCUT2D eigenvalue weighted by molar-refractivity contribution is -0.143. The minimum absolute atomic E-state index is 0. The van der Waals surface area contributed by atoms with Gasteiger partial charge in [0.1, 0.15) is 12.4 Å². The molecule has 1 rings (SSSR count). The number of rotatable bonds is 13. The number of carbonyl (C=O) groups excluding carboxylic acids is 2. The van der Waals surface area contributed by atoms with Crippen LogP contribution in [0.1, 0.15) is 31.2 Å². The molecule has 162 valence electrons. The van der Waals surface area contributed by atoms with Crippen LogP contribution < -0.4 is 15.8 Å².